The topological polar surface area (TPSA) is 37.2 Å². The fourth-order valence-corrected chi connectivity index (χ4v) is 3.91. The van der Waals surface area contributed by atoms with Crippen molar-refractivity contribution in [3.8, 4) is 0 Å². The van der Waals surface area contributed by atoms with Crippen LogP contribution < -0.4 is 5.32 Å². The van der Waals surface area contributed by atoms with Gasteiger partial charge < -0.3 is 15.0 Å². The number of aliphatic hydroxyl groups is 1. The Morgan fingerprint density at radius 2 is 1.52 bits per heavy atom. The lowest BCUT2D eigenvalue weighted by Gasteiger charge is -2.18. The molecule has 0 saturated heterocycles. The van der Waals surface area contributed by atoms with E-state index in [1.807, 2.05) is 0 Å². The van der Waals surface area contributed by atoms with E-state index in [9.17, 15) is 5.11 Å². The van der Waals surface area contributed by atoms with Crippen LogP contribution in [0.15, 0.2) is 48.5 Å². The van der Waals surface area contributed by atoms with Crippen LogP contribution in [0.1, 0.15) is 25.7 Å². The minimum Gasteiger partial charge on any atom is -0.390 e. The summed E-state index contributed by atoms with van der Waals surface area (Å²) in [7, 11) is 0. The summed E-state index contributed by atoms with van der Waals surface area (Å²) < 4.78 is 2.26. The highest BCUT2D eigenvalue weighted by molar-refractivity contribution is 6.07. The number of para-hydroxylation sites is 2. The molecule has 0 amide bonds. The van der Waals surface area contributed by atoms with Gasteiger partial charge in [-0.25, -0.2) is 0 Å². The van der Waals surface area contributed by atoms with Crippen LogP contribution in [0.4, 0.5) is 0 Å². The summed E-state index contributed by atoms with van der Waals surface area (Å²) in [6.07, 6.45) is 4.78. The minimum atomic E-state index is -0.366. The molecule has 1 aliphatic rings. The monoisotopic (exact) mass is 308 g/mol. The first-order valence-electron chi connectivity index (χ1n) is 8.70. The third-order valence-electron chi connectivity index (χ3n) is 5.07. The van der Waals surface area contributed by atoms with Crippen molar-refractivity contribution in [3.63, 3.8) is 0 Å². The van der Waals surface area contributed by atoms with Gasteiger partial charge in [-0.05, 0) is 25.0 Å². The van der Waals surface area contributed by atoms with Crippen LogP contribution in [0, 0.1) is 0 Å². The minimum absolute atomic E-state index is 0.366. The van der Waals surface area contributed by atoms with Gasteiger partial charge in [0.15, 0.2) is 0 Å². The van der Waals surface area contributed by atoms with Gasteiger partial charge >= 0.3 is 0 Å². The van der Waals surface area contributed by atoms with Gasteiger partial charge in [-0.15, -0.1) is 0 Å². The number of hydrogen-bond acceptors (Lipinski definition) is 2. The first-order valence-corrected chi connectivity index (χ1v) is 8.70. The second-order valence-electron chi connectivity index (χ2n) is 6.69. The molecule has 4 rings (SSSR count). The Hall–Kier alpha value is -1.84. The van der Waals surface area contributed by atoms with Gasteiger partial charge in [0.05, 0.1) is 12.6 Å². The lowest BCUT2D eigenvalue weighted by atomic mass is 10.2. The second kappa shape index (κ2) is 6.34. The van der Waals surface area contributed by atoms with E-state index in [2.05, 4.69) is 58.4 Å². The smallest absolute Gasteiger partial charge is 0.0843 e. The number of aromatic nitrogens is 1. The number of aliphatic hydroxyl groups excluding tert-OH is 1. The molecule has 3 nitrogen and oxygen atoms in total. The fourth-order valence-electron chi connectivity index (χ4n) is 3.91. The highest BCUT2D eigenvalue weighted by atomic mass is 16.3. The van der Waals surface area contributed by atoms with E-state index in [1.165, 1.54) is 47.5 Å². The summed E-state index contributed by atoms with van der Waals surface area (Å²) in [5.74, 6) is 0. The number of rotatable bonds is 5. The van der Waals surface area contributed by atoms with Gasteiger partial charge in [0, 0.05) is 34.4 Å². The average molecular weight is 308 g/mol. The lowest BCUT2D eigenvalue weighted by molar-refractivity contribution is 0.150. The van der Waals surface area contributed by atoms with Crippen molar-refractivity contribution >= 4 is 21.8 Å². The molecular formula is C20H24N2O. The molecule has 0 radical (unpaired) electrons. The normalized spacial score (nSPS) is 17.3. The van der Waals surface area contributed by atoms with Crippen molar-refractivity contribution in [1.82, 2.24) is 9.88 Å². The number of nitrogens with zero attached hydrogens (tertiary/aromatic N) is 1. The molecule has 1 aliphatic carbocycles. The first kappa shape index (κ1) is 14.7. The summed E-state index contributed by atoms with van der Waals surface area (Å²) in [6, 6.07) is 17.5. The van der Waals surface area contributed by atoms with E-state index in [1.54, 1.807) is 0 Å². The highest BCUT2D eigenvalue weighted by Crippen LogP contribution is 2.28. The molecule has 0 spiro atoms. The van der Waals surface area contributed by atoms with Crippen LogP contribution in [-0.2, 0) is 6.54 Å². The maximum Gasteiger partial charge on any atom is 0.0843 e. The lowest BCUT2D eigenvalue weighted by Crippen LogP contribution is -2.35. The van der Waals surface area contributed by atoms with Crippen LogP contribution in [0.25, 0.3) is 21.8 Å². The molecule has 1 fully saturated rings. The molecule has 1 aromatic heterocycles. The molecule has 0 unspecified atom stereocenters. The summed E-state index contributed by atoms with van der Waals surface area (Å²) in [5.41, 5.74) is 2.40. The van der Waals surface area contributed by atoms with Crippen molar-refractivity contribution in [3.05, 3.63) is 48.5 Å². The van der Waals surface area contributed by atoms with E-state index in [0.29, 0.717) is 19.1 Å². The Kier molecular flexibility index (Phi) is 4.06. The van der Waals surface area contributed by atoms with Crippen molar-refractivity contribution in [1.29, 1.82) is 0 Å². The molecule has 1 atom stereocenters. The first-order chi connectivity index (χ1) is 11.3. The van der Waals surface area contributed by atoms with Gasteiger partial charge in [0.2, 0.25) is 0 Å². The largest absolute Gasteiger partial charge is 0.390 e. The molecule has 2 N–H and O–H groups in total. The number of nitrogens with one attached hydrogen (secondary N) is 1. The zero-order chi connectivity index (χ0) is 15.6. The fraction of sp³-hybridized carbons (Fsp3) is 0.400. The van der Waals surface area contributed by atoms with Gasteiger partial charge in [0.25, 0.3) is 0 Å². The molecular weight excluding hydrogens is 284 g/mol. The molecule has 2 aromatic carbocycles. The van der Waals surface area contributed by atoms with Crippen molar-refractivity contribution < 1.29 is 5.11 Å². The van der Waals surface area contributed by atoms with Gasteiger partial charge in [-0.1, -0.05) is 49.2 Å². The molecule has 23 heavy (non-hydrogen) atoms. The Balaban J connectivity index is 1.59. The maximum atomic E-state index is 10.5. The van der Waals surface area contributed by atoms with E-state index in [4.69, 9.17) is 0 Å². The third kappa shape index (κ3) is 2.87. The Morgan fingerprint density at radius 3 is 2.13 bits per heavy atom. The van der Waals surface area contributed by atoms with Crippen LogP contribution in [0.5, 0.6) is 0 Å². The quantitative estimate of drug-likeness (QED) is 0.754. The Labute approximate surface area is 136 Å². The molecule has 1 saturated carbocycles. The van der Waals surface area contributed by atoms with E-state index >= 15 is 0 Å². The number of benzene rings is 2. The van der Waals surface area contributed by atoms with E-state index < -0.39 is 0 Å². The molecule has 1 heterocycles. The summed E-state index contributed by atoms with van der Waals surface area (Å²) in [4.78, 5) is 0. The number of fused-ring (bicyclic) bond motifs is 3. The second-order valence-corrected chi connectivity index (χ2v) is 6.69. The highest BCUT2D eigenvalue weighted by Gasteiger charge is 2.17. The van der Waals surface area contributed by atoms with Crippen LogP contribution in [0.2, 0.25) is 0 Å². The predicted octanol–water partition coefficient (Wildman–Crippen LogP) is 3.69. The summed E-state index contributed by atoms with van der Waals surface area (Å²) in [5, 5.41) is 16.6. The van der Waals surface area contributed by atoms with E-state index in [-0.39, 0.29) is 6.10 Å². The Bertz CT molecular complexity index is 748. The molecule has 0 bridgehead atoms. The van der Waals surface area contributed by atoms with Crippen LogP contribution in [-0.4, -0.2) is 28.4 Å². The zero-order valence-corrected chi connectivity index (χ0v) is 13.4. The van der Waals surface area contributed by atoms with Crippen molar-refractivity contribution in [2.45, 2.75) is 44.4 Å². The van der Waals surface area contributed by atoms with E-state index in [0.717, 1.165) is 0 Å². The predicted molar refractivity (Wildman–Crippen MR) is 95.7 cm³/mol. The summed E-state index contributed by atoms with van der Waals surface area (Å²) >= 11 is 0. The maximum absolute atomic E-state index is 10.5. The standard InChI is InChI=1S/C20H24N2O/c23-16(13-21-15-7-1-2-8-15)14-22-19-11-5-3-9-17(19)18-10-4-6-12-20(18)22/h3-6,9-12,15-16,21,23H,1-2,7-8,13-14H2/t16-/m1/s1. The van der Waals surface area contributed by atoms with Gasteiger partial charge in [-0.3, -0.25) is 0 Å². The summed E-state index contributed by atoms with van der Waals surface area (Å²) in [6.45, 7) is 1.30. The SMILES string of the molecule is O[C@H](CNC1CCCC1)Cn1c2ccccc2c2ccccc21. The third-order valence-corrected chi connectivity index (χ3v) is 5.07. The molecule has 120 valence electrons. The number of hydrogen-bond donors (Lipinski definition) is 2. The van der Waals surface area contributed by atoms with Crippen molar-refractivity contribution in [2.75, 3.05) is 6.54 Å². The average Bonchev–Trinajstić information content (AvgIpc) is 3.21. The Morgan fingerprint density at radius 1 is 0.957 bits per heavy atom. The van der Waals surface area contributed by atoms with Crippen molar-refractivity contribution in [2.24, 2.45) is 0 Å². The molecule has 3 heteroatoms. The molecule has 0 aliphatic heterocycles. The van der Waals surface area contributed by atoms with Gasteiger partial charge in [-0.2, -0.15) is 0 Å². The van der Waals surface area contributed by atoms with Crippen LogP contribution in [0.3, 0.4) is 0 Å². The molecule has 3 aromatic rings. The zero-order valence-electron chi connectivity index (χ0n) is 13.4. The van der Waals surface area contributed by atoms with Gasteiger partial charge in [0.1, 0.15) is 0 Å². The van der Waals surface area contributed by atoms with Crippen LogP contribution >= 0.6 is 0 Å².